The van der Waals surface area contributed by atoms with Gasteiger partial charge in [0, 0.05) is 24.8 Å². The van der Waals surface area contributed by atoms with E-state index in [0.29, 0.717) is 18.8 Å². The van der Waals surface area contributed by atoms with Crippen LogP contribution in [0.5, 0.6) is 0 Å². The molecule has 5 heteroatoms. The predicted molar refractivity (Wildman–Crippen MR) is 70.5 cm³/mol. The molecule has 3 rings (SSSR count). The summed E-state index contributed by atoms with van der Waals surface area (Å²) in [6.45, 7) is 3.00. The van der Waals surface area contributed by atoms with Crippen LogP contribution in [0, 0.1) is 6.92 Å². The molecule has 5 nitrogen and oxygen atoms in total. The van der Waals surface area contributed by atoms with E-state index in [-0.39, 0.29) is 11.7 Å². The Kier molecular flexibility index (Phi) is 2.74. The topological polar surface area (TPSA) is 72.4 Å². The fourth-order valence-corrected chi connectivity index (χ4v) is 2.40. The van der Waals surface area contributed by atoms with Crippen LogP contribution in [0.4, 0.5) is 5.69 Å². The van der Waals surface area contributed by atoms with Crippen LogP contribution in [-0.4, -0.2) is 22.5 Å². The number of aryl methyl sites for hydroxylation is 1. The lowest BCUT2D eigenvalue weighted by atomic mass is 9.98. The van der Waals surface area contributed by atoms with Crippen LogP contribution in [0.1, 0.15) is 27.4 Å². The van der Waals surface area contributed by atoms with Crippen LogP contribution in [0.3, 0.4) is 0 Å². The van der Waals surface area contributed by atoms with E-state index in [1.807, 2.05) is 12.1 Å². The lowest BCUT2D eigenvalue weighted by Crippen LogP contribution is -2.36. The van der Waals surface area contributed by atoms with Crippen LogP contribution in [0.15, 0.2) is 28.8 Å². The van der Waals surface area contributed by atoms with E-state index < -0.39 is 0 Å². The standard InChI is InChI=1S/C14H15N3O2/c1-9-7-13(19-16-9)14(18)17-6-5-10-3-2-4-12(15)11(10)8-17/h2-4,7H,5-6,8,15H2,1H3. The minimum absolute atomic E-state index is 0.130. The van der Waals surface area contributed by atoms with E-state index in [0.717, 1.165) is 17.7 Å². The summed E-state index contributed by atoms with van der Waals surface area (Å²) in [5.74, 6) is 0.157. The summed E-state index contributed by atoms with van der Waals surface area (Å²) in [7, 11) is 0. The Bertz CT molecular complexity index is 633. The summed E-state index contributed by atoms with van der Waals surface area (Å²) in [5.41, 5.74) is 9.68. The van der Waals surface area contributed by atoms with E-state index in [1.54, 1.807) is 17.9 Å². The van der Waals surface area contributed by atoms with E-state index >= 15 is 0 Å². The van der Waals surface area contributed by atoms with E-state index in [1.165, 1.54) is 5.56 Å². The Morgan fingerprint density at radius 3 is 3.05 bits per heavy atom. The maximum Gasteiger partial charge on any atom is 0.292 e. The number of carbonyl (C=O) groups is 1. The molecule has 0 radical (unpaired) electrons. The summed E-state index contributed by atoms with van der Waals surface area (Å²) >= 11 is 0. The number of aromatic nitrogens is 1. The average molecular weight is 257 g/mol. The third kappa shape index (κ3) is 2.07. The van der Waals surface area contributed by atoms with Crippen molar-refractivity contribution < 1.29 is 9.32 Å². The van der Waals surface area contributed by atoms with Crippen molar-refractivity contribution in [1.82, 2.24) is 10.1 Å². The Hall–Kier alpha value is -2.30. The number of nitrogens with zero attached hydrogens (tertiary/aromatic N) is 2. The zero-order valence-electron chi connectivity index (χ0n) is 10.7. The molecule has 1 amide bonds. The molecule has 0 spiro atoms. The van der Waals surface area contributed by atoms with Crippen molar-refractivity contribution >= 4 is 11.6 Å². The number of rotatable bonds is 1. The van der Waals surface area contributed by atoms with Crippen LogP contribution >= 0.6 is 0 Å². The van der Waals surface area contributed by atoms with Crippen molar-refractivity contribution in [2.24, 2.45) is 0 Å². The van der Waals surface area contributed by atoms with Gasteiger partial charge in [0.1, 0.15) is 0 Å². The number of hydrogen-bond acceptors (Lipinski definition) is 4. The van der Waals surface area contributed by atoms with Crippen molar-refractivity contribution in [1.29, 1.82) is 0 Å². The van der Waals surface area contributed by atoms with Crippen LogP contribution in [0.25, 0.3) is 0 Å². The molecular weight excluding hydrogens is 242 g/mol. The first-order valence-corrected chi connectivity index (χ1v) is 6.24. The van der Waals surface area contributed by atoms with Crippen LogP contribution < -0.4 is 5.73 Å². The Morgan fingerprint density at radius 2 is 2.32 bits per heavy atom. The highest BCUT2D eigenvalue weighted by Gasteiger charge is 2.25. The predicted octanol–water partition coefficient (Wildman–Crippen LogP) is 1.76. The van der Waals surface area contributed by atoms with E-state index in [4.69, 9.17) is 10.3 Å². The second-order valence-electron chi connectivity index (χ2n) is 4.79. The largest absolute Gasteiger partial charge is 0.398 e. The molecule has 1 aliphatic rings. The van der Waals surface area contributed by atoms with Crippen LogP contribution in [0.2, 0.25) is 0 Å². The van der Waals surface area contributed by atoms with Gasteiger partial charge in [-0.2, -0.15) is 0 Å². The molecule has 19 heavy (non-hydrogen) atoms. The number of carbonyl (C=O) groups excluding carboxylic acids is 1. The normalized spacial score (nSPS) is 14.3. The molecule has 1 aromatic carbocycles. The van der Waals surface area contributed by atoms with Crippen molar-refractivity contribution in [3.8, 4) is 0 Å². The van der Waals surface area contributed by atoms with Gasteiger partial charge >= 0.3 is 0 Å². The quantitative estimate of drug-likeness (QED) is 0.790. The highest BCUT2D eigenvalue weighted by molar-refractivity contribution is 5.91. The maximum absolute atomic E-state index is 12.3. The average Bonchev–Trinajstić information content (AvgIpc) is 2.85. The minimum Gasteiger partial charge on any atom is -0.398 e. The number of benzene rings is 1. The van der Waals surface area contributed by atoms with E-state index in [2.05, 4.69) is 11.2 Å². The van der Waals surface area contributed by atoms with E-state index in [9.17, 15) is 4.79 Å². The molecule has 1 aromatic heterocycles. The molecule has 2 aromatic rings. The third-order valence-electron chi connectivity index (χ3n) is 3.44. The zero-order valence-corrected chi connectivity index (χ0v) is 10.7. The van der Waals surface area contributed by atoms with Gasteiger partial charge in [0.2, 0.25) is 5.76 Å². The second-order valence-corrected chi connectivity index (χ2v) is 4.79. The molecule has 2 N–H and O–H groups in total. The number of anilines is 1. The molecule has 0 saturated heterocycles. The van der Waals surface area contributed by atoms with Gasteiger partial charge in [-0.1, -0.05) is 17.3 Å². The van der Waals surface area contributed by atoms with Gasteiger partial charge in [0.05, 0.1) is 5.69 Å². The zero-order chi connectivity index (χ0) is 13.4. The number of amides is 1. The molecule has 2 heterocycles. The lowest BCUT2D eigenvalue weighted by molar-refractivity contribution is 0.0693. The Labute approximate surface area is 111 Å². The molecule has 0 atom stereocenters. The minimum atomic E-state index is -0.130. The second kappa shape index (κ2) is 4.42. The smallest absolute Gasteiger partial charge is 0.292 e. The van der Waals surface area contributed by atoms with Gasteiger partial charge < -0.3 is 15.2 Å². The molecular formula is C14H15N3O2. The number of fused-ring (bicyclic) bond motifs is 1. The highest BCUT2D eigenvalue weighted by Crippen LogP contribution is 2.25. The van der Waals surface area contributed by atoms with Gasteiger partial charge in [-0.15, -0.1) is 0 Å². The number of nitrogen functional groups attached to an aromatic ring is 1. The Morgan fingerprint density at radius 1 is 1.47 bits per heavy atom. The van der Waals surface area contributed by atoms with Crippen molar-refractivity contribution in [3.63, 3.8) is 0 Å². The van der Waals surface area contributed by atoms with Gasteiger partial charge in [-0.3, -0.25) is 4.79 Å². The van der Waals surface area contributed by atoms with Gasteiger partial charge in [0.15, 0.2) is 0 Å². The summed E-state index contributed by atoms with van der Waals surface area (Å²) in [6, 6.07) is 7.54. The fourth-order valence-electron chi connectivity index (χ4n) is 2.40. The summed E-state index contributed by atoms with van der Waals surface area (Å²) in [5, 5.41) is 3.75. The molecule has 1 aliphatic heterocycles. The monoisotopic (exact) mass is 257 g/mol. The highest BCUT2D eigenvalue weighted by atomic mass is 16.5. The van der Waals surface area contributed by atoms with Crippen molar-refractivity contribution in [3.05, 3.63) is 46.8 Å². The lowest BCUT2D eigenvalue weighted by Gasteiger charge is -2.28. The van der Waals surface area contributed by atoms with Crippen molar-refractivity contribution in [2.75, 3.05) is 12.3 Å². The van der Waals surface area contributed by atoms with Gasteiger partial charge in [-0.05, 0) is 30.5 Å². The molecule has 0 unspecified atom stereocenters. The third-order valence-corrected chi connectivity index (χ3v) is 3.44. The molecule has 0 bridgehead atoms. The first-order valence-electron chi connectivity index (χ1n) is 6.24. The molecule has 98 valence electrons. The molecule has 0 aliphatic carbocycles. The molecule has 0 fully saturated rings. The summed E-state index contributed by atoms with van der Waals surface area (Å²) < 4.78 is 5.03. The first-order chi connectivity index (χ1) is 9.15. The summed E-state index contributed by atoms with van der Waals surface area (Å²) in [6.07, 6.45) is 0.819. The Balaban J connectivity index is 1.86. The summed E-state index contributed by atoms with van der Waals surface area (Å²) in [4.78, 5) is 14.0. The molecule has 0 saturated carbocycles. The SMILES string of the molecule is Cc1cc(C(=O)N2CCc3cccc(N)c3C2)on1. The van der Waals surface area contributed by atoms with Crippen LogP contribution in [-0.2, 0) is 13.0 Å². The number of nitrogens with two attached hydrogens (primary N) is 1. The fraction of sp³-hybridized carbons (Fsp3) is 0.286. The maximum atomic E-state index is 12.3. The van der Waals surface area contributed by atoms with Gasteiger partial charge in [-0.25, -0.2) is 0 Å². The number of hydrogen-bond donors (Lipinski definition) is 1. The van der Waals surface area contributed by atoms with Crippen molar-refractivity contribution in [2.45, 2.75) is 19.9 Å². The van der Waals surface area contributed by atoms with Gasteiger partial charge in [0.25, 0.3) is 5.91 Å². The first kappa shape index (κ1) is 11.8.